The van der Waals surface area contributed by atoms with Crippen LogP contribution in [0.1, 0.15) is 24.1 Å². The first-order chi connectivity index (χ1) is 14.7. The molecule has 0 saturated carbocycles. The van der Waals surface area contributed by atoms with E-state index in [9.17, 15) is 4.79 Å². The van der Waals surface area contributed by atoms with Crippen molar-refractivity contribution in [3.8, 4) is 11.4 Å². The number of likely N-dealkylation sites (tertiary alicyclic amines) is 1. The zero-order chi connectivity index (χ0) is 20.6. The Morgan fingerprint density at radius 1 is 1.13 bits per heavy atom. The van der Waals surface area contributed by atoms with Gasteiger partial charge in [0.15, 0.2) is 0 Å². The van der Waals surface area contributed by atoms with E-state index in [1.54, 1.807) is 7.11 Å². The fourth-order valence-electron chi connectivity index (χ4n) is 4.59. The van der Waals surface area contributed by atoms with E-state index >= 15 is 0 Å². The Labute approximate surface area is 176 Å². The van der Waals surface area contributed by atoms with Gasteiger partial charge in [0.1, 0.15) is 12.4 Å². The van der Waals surface area contributed by atoms with Crippen molar-refractivity contribution in [3.05, 3.63) is 78.1 Å². The number of anilines is 1. The van der Waals surface area contributed by atoms with Crippen LogP contribution in [0, 0.1) is 0 Å². The second-order valence-corrected chi connectivity index (χ2v) is 7.92. The predicted octanol–water partition coefficient (Wildman–Crippen LogP) is 4.54. The molecule has 0 aliphatic carbocycles. The van der Waals surface area contributed by atoms with Crippen LogP contribution >= 0.6 is 0 Å². The quantitative estimate of drug-likeness (QED) is 0.698. The van der Waals surface area contributed by atoms with Crippen LogP contribution in [-0.2, 0) is 16.9 Å². The summed E-state index contributed by atoms with van der Waals surface area (Å²) in [7, 11) is 1.67. The smallest absolute Gasteiger partial charge is 0.410 e. The molecule has 1 N–H and O–H groups in total. The van der Waals surface area contributed by atoms with Crippen molar-refractivity contribution < 1.29 is 14.3 Å². The molecule has 1 fully saturated rings. The largest absolute Gasteiger partial charge is 0.497 e. The van der Waals surface area contributed by atoms with Crippen LogP contribution in [0.3, 0.4) is 0 Å². The minimum absolute atomic E-state index is 0.269. The summed E-state index contributed by atoms with van der Waals surface area (Å²) < 4.78 is 13.2. The van der Waals surface area contributed by atoms with Crippen molar-refractivity contribution in [1.29, 1.82) is 0 Å². The Hall–Kier alpha value is -3.41. The molecule has 5 rings (SSSR count). The minimum Gasteiger partial charge on any atom is -0.497 e. The standard InChI is InChI=1S/C24H25N3O3/c1-29-19-10-11-21-20(15-19)25-24(22-9-5-14-27(21)22)12-6-13-26(17-24)23(28)30-16-18-7-3-2-4-8-18/h2-5,7-11,14-15,25H,6,12-13,16-17H2,1H3. The third-order valence-corrected chi connectivity index (χ3v) is 6.03. The molecule has 0 radical (unpaired) electrons. The highest BCUT2D eigenvalue weighted by Crippen LogP contribution is 2.43. The molecule has 154 valence electrons. The molecule has 6 heteroatoms. The van der Waals surface area contributed by atoms with Crippen molar-refractivity contribution in [2.24, 2.45) is 0 Å². The summed E-state index contributed by atoms with van der Waals surface area (Å²) in [5, 5.41) is 3.74. The molecule has 1 unspecified atom stereocenters. The van der Waals surface area contributed by atoms with Gasteiger partial charge in [-0.05, 0) is 42.7 Å². The first-order valence-corrected chi connectivity index (χ1v) is 10.3. The number of carbonyl (C=O) groups excluding carboxylic acids is 1. The van der Waals surface area contributed by atoms with Crippen LogP contribution in [0.2, 0.25) is 0 Å². The summed E-state index contributed by atoms with van der Waals surface area (Å²) in [5.41, 5.74) is 3.90. The average molecular weight is 403 g/mol. The third-order valence-electron chi connectivity index (χ3n) is 6.03. The number of amides is 1. The van der Waals surface area contributed by atoms with Crippen LogP contribution in [0.15, 0.2) is 66.9 Å². The van der Waals surface area contributed by atoms with Crippen molar-refractivity contribution in [2.45, 2.75) is 25.0 Å². The maximum absolute atomic E-state index is 12.8. The van der Waals surface area contributed by atoms with Gasteiger partial charge in [0, 0.05) is 18.8 Å². The molecule has 3 heterocycles. The zero-order valence-electron chi connectivity index (χ0n) is 17.0. The number of hydrogen-bond donors (Lipinski definition) is 1. The average Bonchev–Trinajstić information content (AvgIpc) is 3.29. The number of nitrogens with zero attached hydrogens (tertiary/aromatic N) is 2. The normalized spacial score (nSPS) is 19.6. The Morgan fingerprint density at radius 2 is 2.00 bits per heavy atom. The Bertz CT molecular complexity index is 1060. The van der Waals surface area contributed by atoms with Crippen molar-refractivity contribution >= 4 is 11.8 Å². The molecule has 1 atom stereocenters. The second-order valence-electron chi connectivity index (χ2n) is 7.92. The molecule has 2 aromatic carbocycles. The van der Waals surface area contributed by atoms with Gasteiger partial charge >= 0.3 is 6.09 Å². The fraction of sp³-hybridized carbons (Fsp3) is 0.292. The summed E-state index contributed by atoms with van der Waals surface area (Å²) in [5.74, 6) is 0.807. The molecule has 2 aliphatic heterocycles. The van der Waals surface area contributed by atoms with Crippen molar-refractivity contribution in [1.82, 2.24) is 9.47 Å². The van der Waals surface area contributed by atoms with E-state index in [1.165, 1.54) is 5.69 Å². The lowest BCUT2D eigenvalue weighted by atomic mass is 9.84. The van der Waals surface area contributed by atoms with E-state index in [0.717, 1.165) is 35.5 Å². The van der Waals surface area contributed by atoms with E-state index in [4.69, 9.17) is 9.47 Å². The molecular weight excluding hydrogens is 378 g/mol. The number of fused-ring (bicyclic) bond motifs is 4. The van der Waals surface area contributed by atoms with Gasteiger partial charge in [0.05, 0.1) is 36.3 Å². The topological polar surface area (TPSA) is 55.7 Å². The summed E-state index contributed by atoms with van der Waals surface area (Å²) >= 11 is 0. The lowest BCUT2D eigenvalue weighted by Gasteiger charge is -2.46. The highest BCUT2D eigenvalue weighted by Gasteiger charge is 2.43. The van der Waals surface area contributed by atoms with E-state index < -0.39 is 0 Å². The third kappa shape index (κ3) is 3.18. The van der Waals surface area contributed by atoms with Crippen LogP contribution in [-0.4, -0.2) is 35.8 Å². The first kappa shape index (κ1) is 18.6. The van der Waals surface area contributed by atoms with Gasteiger partial charge < -0.3 is 24.3 Å². The Balaban J connectivity index is 1.39. The van der Waals surface area contributed by atoms with E-state index in [2.05, 4.69) is 34.3 Å². The fourth-order valence-corrected chi connectivity index (χ4v) is 4.59. The lowest BCUT2D eigenvalue weighted by molar-refractivity contribution is 0.0749. The minimum atomic E-state index is -0.354. The van der Waals surface area contributed by atoms with Gasteiger partial charge in [-0.15, -0.1) is 0 Å². The number of methoxy groups -OCH3 is 1. The van der Waals surface area contributed by atoms with Crippen LogP contribution in [0.25, 0.3) is 5.69 Å². The number of aromatic nitrogens is 1. The van der Waals surface area contributed by atoms with Crippen molar-refractivity contribution in [2.75, 3.05) is 25.5 Å². The van der Waals surface area contributed by atoms with E-state index in [0.29, 0.717) is 13.1 Å². The number of piperidine rings is 1. The highest BCUT2D eigenvalue weighted by atomic mass is 16.6. The molecule has 1 spiro atoms. The maximum atomic E-state index is 12.8. The molecule has 2 aliphatic rings. The number of carbonyl (C=O) groups is 1. The number of benzene rings is 2. The molecule has 0 bridgehead atoms. The zero-order valence-corrected chi connectivity index (χ0v) is 17.0. The summed E-state index contributed by atoms with van der Waals surface area (Å²) in [6, 6.07) is 20.0. The molecule has 30 heavy (non-hydrogen) atoms. The Morgan fingerprint density at radius 3 is 2.83 bits per heavy atom. The van der Waals surface area contributed by atoms with Gasteiger partial charge in [-0.2, -0.15) is 0 Å². The molecule has 6 nitrogen and oxygen atoms in total. The monoisotopic (exact) mass is 403 g/mol. The van der Waals surface area contributed by atoms with Crippen LogP contribution < -0.4 is 10.1 Å². The number of ether oxygens (including phenoxy) is 2. The van der Waals surface area contributed by atoms with Crippen molar-refractivity contribution in [3.63, 3.8) is 0 Å². The highest BCUT2D eigenvalue weighted by molar-refractivity contribution is 5.71. The van der Waals surface area contributed by atoms with Crippen LogP contribution in [0.5, 0.6) is 5.75 Å². The predicted molar refractivity (Wildman–Crippen MR) is 115 cm³/mol. The molecule has 1 saturated heterocycles. The molecule has 1 aromatic heterocycles. The summed E-state index contributed by atoms with van der Waals surface area (Å²) in [6.07, 6.45) is 3.65. The SMILES string of the molecule is COc1ccc2c(c1)NC1(CCCN(C(=O)OCc3ccccc3)C1)c1cccn1-2. The van der Waals surface area contributed by atoms with Gasteiger partial charge in [0.2, 0.25) is 0 Å². The lowest BCUT2D eigenvalue weighted by Crippen LogP contribution is -2.54. The van der Waals surface area contributed by atoms with Gasteiger partial charge in [-0.3, -0.25) is 0 Å². The van der Waals surface area contributed by atoms with Gasteiger partial charge in [0.25, 0.3) is 0 Å². The summed E-state index contributed by atoms with van der Waals surface area (Å²) in [6.45, 7) is 1.54. The van der Waals surface area contributed by atoms with Gasteiger partial charge in [-0.1, -0.05) is 30.3 Å². The number of hydrogen-bond acceptors (Lipinski definition) is 4. The van der Waals surface area contributed by atoms with Crippen LogP contribution in [0.4, 0.5) is 10.5 Å². The maximum Gasteiger partial charge on any atom is 0.410 e. The number of rotatable bonds is 3. The van der Waals surface area contributed by atoms with E-state index in [1.807, 2.05) is 47.4 Å². The number of nitrogens with one attached hydrogen (secondary N) is 1. The second kappa shape index (κ2) is 7.44. The Kier molecular flexibility index (Phi) is 4.62. The first-order valence-electron chi connectivity index (χ1n) is 10.3. The molecule has 3 aromatic rings. The molecule has 1 amide bonds. The van der Waals surface area contributed by atoms with E-state index in [-0.39, 0.29) is 18.2 Å². The van der Waals surface area contributed by atoms with Gasteiger partial charge in [-0.25, -0.2) is 4.79 Å². The summed E-state index contributed by atoms with van der Waals surface area (Å²) in [4.78, 5) is 14.7. The molecular formula is C24H25N3O3.